The van der Waals surface area contributed by atoms with Crippen molar-refractivity contribution in [3.63, 3.8) is 0 Å². The third kappa shape index (κ3) is 3.55. The summed E-state index contributed by atoms with van der Waals surface area (Å²) in [6.45, 7) is 2.11. The predicted octanol–water partition coefficient (Wildman–Crippen LogP) is 2.23. The van der Waals surface area contributed by atoms with Gasteiger partial charge in [-0.3, -0.25) is 9.59 Å². The first-order valence-electron chi connectivity index (χ1n) is 9.62. The lowest BCUT2D eigenvalue weighted by Crippen LogP contribution is -2.50. The molecule has 4 rings (SSSR count). The second kappa shape index (κ2) is 7.58. The first kappa shape index (κ1) is 19.0. The molecular formula is C22H22N2O5. The molecule has 1 N–H and O–H groups in total. The van der Waals surface area contributed by atoms with E-state index >= 15 is 0 Å². The molecule has 0 bridgehead atoms. The lowest BCUT2D eigenvalue weighted by molar-refractivity contribution is -0.151. The van der Waals surface area contributed by atoms with E-state index in [2.05, 4.69) is 0 Å². The summed E-state index contributed by atoms with van der Waals surface area (Å²) in [6.07, 6.45) is -0.305. The van der Waals surface area contributed by atoms with Gasteiger partial charge in [0.15, 0.2) is 6.10 Å². The monoisotopic (exact) mass is 394 g/mol. The Labute approximate surface area is 168 Å². The number of nitrogens with zero attached hydrogens (tertiary/aromatic N) is 2. The number of benzene rings is 2. The van der Waals surface area contributed by atoms with E-state index in [9.17, 15) is 19.5 Å². The van der Waals surface area contributed by atoms with Crippen molar-refractivity contribution in [2.75, 3.05) is 11.4 Å². The van der Waals surface area contributed by atoms with Gasteiger partial charge in [-0.15, -0.1) is 0 Å². The van der Waals surface area contributed by atoms with Crippen molar-refractivity contribution in [3.8, 4) is 5.75 Å². The van der Waals surface area contributed by atoms with Crippen molar-refractivity contribution in [2.24, 2.45) is 0 Å². The van der Waals surface area contributed by atoms with Crippen LogP contribution in [0.4, 0.5) is 5.69 Å². The molecular weight excluding hydrogens is 372 g/mol. The van der Waals surface area contributed by atoms with Gasteiger partial charge >= 0.3 is 5.97 Å². The number of para-hydroxylation sites is 2. The minimum Gasteiger partial charge on any atom is -0.480 e. The number of carboxylic acid groups (broad SMARTS) is 1. The molecule has 150 valence electrons. The highest BCUT2D eigenvalue weighted by atomic mass is 16.5. The Hall–Kier alpha value is -3.35. The lowest BCUT2D eigenvalue weighted by Gasteiger charge is -2.36. The van der Waals surface area contributed by atoms with Crippen molar-refractivity contribution in [1.29, 1.82) is 0 Å². The fourth-order valence-corrected chi connectivity index (χ4v) is 3.95. The molecule has 2 heterocycles. The van der Waals surface area contributed by atoms with Crippen LogP contribution in [0.5, 0.6) is 5.75 Å². The Morgan fingerprint density at radius 1 is 1.10 bits per heavy atom. The summed E-state index contributed by atoms with van der Waals surface area (Å²) in [5.41, 5.74) is 2.54. The number of hydrogen-bond acceptors (Lipinski definition) is 4. The first-order chi connectivity index (χ1) is 14.0. The molecule has 0 aromatic heterocycles. The highest BCUT2D eigenvalue weighted by Gasteiger charge is 2.36. The molecule has 0 fully saturated rings. The molecule has 0 spiro atoms. The number of rotatable bonds is 4. The van der Waals surface area contributed by atoms with Crippen LogP contribution in [-0.2, 0) is 27.3 Å². The van der Waals surface area contributed by atoms with Crippen molar-refractivity contribution in [2.45, 2.75) is 38.5 Å². The molecule has 2 aliphatic rings. The summed E-state index contributed by atoms with van der Waals surface area (Å²) in [6, 6.07) is 13.9. The maximum atomic E-state index is 13.0. The SMILES string of the molecule is CC1Oc2ccccc2N(CCC(=O)N2Cc3ccccc3CC2C(=O)O)C1=O. The Morgan fingerprint density at radius 2 is 1.79 bits per heavy atom. The van der Waals surface area contributed by atoms with Crippen LogP contribution in [0.3, 0.4) is 0 Å². The molecule has 0 aliphatic carbocycles. The predicted molar refractivity (Wildman–Crippen MR) is 106 cm³/mol. The van der Waals surface area contributed by atoms with Gasteiger partial charge in [-0.2, -0.15) is 0 Å². The Bertz CT molecular complexity index is 973. The van der Waals surface area contributed by atoms with E-state index in [4.69, 9.17) is 4.74 Å². The zero-order valence-corrected chi connectivity index (χ0v) is 16.1. The van der Waals surface area contributed by atoms with E-state index in [1.54, 1.807) is 24.0 Å². The summed E-state index contributed by atoms with van der Waals surface area (Å²) >= 11 is 0. The fourth-order valence-electron chi connectivity index (χ4n) is 3.95. The second-order valence-electron chi connectivity index (χ2n) is 7.32. The van der Waals surface area contributed by atoms with Crippen LogP contribution < -0.4 is 9.64 Å². The zero-order chi connectivity index (χ0) is 20.5. The minimum atomic E-state index is -1.02. The number of fused-ring (bicyclic) bond motifs is 2. The summed E-state index contributed by atoms with van der Waals surface area (Å²) in [5.74, 6) is -0.914. The number of carbonyl (C=O) groups excluding carboxylic acids is 2. The minimum absolute atomic E-state index is 0.0404. The molecule has 2 aromatic carbocycles. The highest BCUT2D eigenvalue weighted by Crippen LogP contribution is 2.34. The van der Waals surface area contributed by atoms with Crippen molar-refractivity contribution in [1.82, 2.24) is 4.90 Å². The van der Waals surface area contributed by atoms with E-state index < -0.39 is 18.1 Å². The molecule has 2 unspecified atom stereocenters. The van der Waals surface area contributed by atoms with Crippen LogP contribution in [0, 0.1) is 0 Å². The maximum absolute atomic E-state index is 13.0. The van der Waals surface area contributed by atoms with Gasteiger partial charge < -0.3 is 19.6 Å². The van der Waals surface area contributed by atoms with Crippen LogP contribution in [0.25, 0.3) is 0 Å². The van der Waals surface area contributed by atoms with Gasteiger partial charge in [-0.1, -0.05) is 36.4 Å². The molecule has 7 heteroatoms. The largest absolute Gasteiger partial charge is 0.480 e. The second-order valence-corrected chi connectivity index (χ2v) is 7.32. The normalized spacial score (nSPS) is 20.5. The highest BCUT2D eigenvalue weighted by molar-refractivity contribution is 6.00. The lowest BCUT2D eigenvalue weighted by atomic mass is 9.93. The number of aliphatic carboxylic acids is 1. The molecule has 29 heavy (non-hydrogen) atoms. The van der Waals surface area contributed by atoms with Gasteiger partial charge in [0, 0.05) is 25.9 Å². The number of anilines is 1. The van der Waals surface area contributed by atoms with E-state index in [1.807, 2.05) is 36.4 Å². The van der Waals surface area contributed by atoms with Gasteiger partial charge in [0.25, 0.3) is 5.91 Å². The Balaban J connectivity index is 1.52. The fraction of sp³-hybridized carbons (Fsp3) is 0.318. The summed E-state index contributed by atoms with van der Waals surface area (Å²) in [7, 11) is 0. The quantitative estimate of drug-likeness (QED) is 0.859. The molecule has 2 aliphatic heterocycles. The van der Waals surface area contributed by atoms with Crippen LogP contribution in [0.15, 0.2) is 48.5 Å². The van der Waals surface area contributed by atoms with Gasteiger partial charge in [-0.05, 0) is 30.2 Å². The van der Waals surface area contributed by atoms with Crippen molar-refractivity contribution >= 4 is 23.5 Å². The Morgan fingerprint density at radius 3 is 2.55 bits per heavy atom. The summed E-state index contributed by atoms with van der Waals surface area (Å²) in [5, 5.41) is 9.63. The molecule has 0 saturated carbocycles. The van der Waals surface area contributed by atoms with E-state index in [0.29, 0.717) is 11.4 Å². The molecule has 2 aromatic rings. The smallest absolute Gasteiger partial charge is 0.326 e. The molecule has 2 atom stereocenters. The summed E-state index contributed by atoms with van der Waals surface area (Å²) in [4.78, 5) is 40.3. The molecule has 2 amide bonds. The molecule has 7 nitrogen and oxygen atoms in total. The van der Waals surface area contributed by atoms with Gasteiger partial charge in [0.05, 0.1) is 5.69 Å². The topological polar surface area (TPSA) is 87.2 Å². The van der Waals surface area contributed by atoms with E-state index in [1.165, 1.54) is 4.90 Å². The van der Waals surface area contributed by atoms with Crippen LogP contribution in [-0.4, -0.2) is 46.5 Å². The third-order valence-electron chi connectivity index (χ3n) is 5.48. The number of carbonyl (C=O) groups is 3. The standard InChI is InChI=1S/C22H22N2O5/c1-14-21(26)23(17-8-4-5-9-19(17)29-14)11-10-20(25)24-13-16-7-3-2-6-15(16)12-18(24)22(27)28/h2-9,14,18H,10-13H2,1H3,(H,27,28). The van der Waals surface area contributed by atoms with Gasteiger partial charge in [0.2, 0.25) is 5.91 Å². The van der Waals surface area contributed by atoms with E-state index in [0.717, 1.165) is 11.1 Å². The van der Waals surface area contributed by atoms with Crippen molar-refractivity contribution in [3.05, 3.63) is 59.7 Å². The number of amides is 2. The van der Waals surface area contributed by atoms with Gasteiger partial charge in [0.1, 0.15) is 11.8 Å². The Kier molecular flexibility index (Phi) is 4.96. The number of carboxylic acids is 1. The van der Waals surface area contributed by atoms with Crippen LogP contribution in [0.1, 0.15) is 24.5 Å². The zero-order valence-electron chi connectivity index (χ0n) is 16.1. The first-order valence-corrected chi connectivity index (χ1v) is 9.62. The van der Waals surface area contributed by atoms with Gasteiger partial charge in [-0.25, -0.2) is 4.79 Å². The molecule has 0 saturated heterocycles. The number of hydrogen-bond donors (Lipinski definition) is 1. The maximum Gasteiger partial charge on any atom is 0.326 e. The average molecular weight is 394 g/mol. The van der Waals surface area contributed by atoms with Crippen molar-refractivity contribution < 1.29 is 24.2 Å². The third-order valence-corrected chi connectivity index (χ3v) is 5.48. The molecule has 0 radical (unpaired) electrons. The van der Waals surface area contributed by atoms with E-state index in [-0.39, 0.29) is 37.7 Å². The summed E-state index contributed by atoms with van der Waals surface area (Å²) < 4.78 is 5.62. The van der Waals surface area contributed by atoms with Crippen LogP contribution >= 0.6 is 0 Å². The average Bonchev–Trinajstić information content (AvgIpc) is 2.73. The number of ether oxygens (including phenoxy) is 1. The van der Waals surface area contributed by atoms with Crippen LogP contribution in [0.2, 0.25) is 0 Å².